The molecule has 0 aliphatic rings. The molecule has 0 aliphatic heterocycles. The maximum absolute atomic E-state index is 12.0. The molecule has 0 amide bonds. The molecule has 0 saturated carbocycles. The third-order valence-electron chi connectivity index (χ3n) is 3.43. The van der Waals surface area contributed by atoms with Gasteiger partial charge >= 0.3 is 5.97 Å². The Morgan fingerprint density at radius 3 is 2.29 bits per heavy atom. The highest BCUT2D eigenvalue weighted by atomic mass is 35.5. The van der Waals surface area contributed by atoms with Gasteiger partial charge in [-0.15, -0.1) is 12.4 Å². The summed E-state index contributed by atoms with van der Waals surface area (Å²) in [5.74, 6) is 0.105. The minimum absolute atomic E-state index is 0. The van der Waals surface area contributed by atoms with Gasteiger partial charge in [0, 0.05) is 11.6 Å². The van der Waals surface area contributed by atoms with Gasteiger partial charge in [0.25, 0.3) is 0 Å². The Hall–Kier alpha value is -2.08. The highest BCUT2D eigenvalue weighted by Crippen LogP contribution is 2.23. The van der Waals surface area contributed by atoms with Crippen molar-refractivity contribution >= 4 is 18.4 Å². The predicted octanol–water partition coefficient (Wildman–Crippen LogP) is 2.26. The van der Waals surface area contributed by atoms with Crippen molar-refractivity contribution in [3.8, 4) is 5.75 Å². The fourth-order valence-corrected chi connectivity index (χ4v) is 2.19. The highest BCUT2D eigenvalue weighted by molar-refractivity contribution is 5.85. The first kappa shape index (κ1) is 20.0. The van der Waals surface area contributed by atoms with E-state index in [1.165, 1.54) is 7.11 Å². The van der Waals surface area contributed by atoms with Crippen molar-refractivity contribution in [1.82, 2.24) is 0 Å². The topological polar surface area (TPSA) is 81.8 Å². The number of hydrogen-bond acceptors (Lipinski definition) is 5. The van der Waals surface area contributed by atoms with Crippen molar-refractivity contribution in [2.45, 2.75) is 18.6 Å². The van der Waals surface area contributed by atoms with Gasteiger partial charge in [0.1, 0.15) is 5.75 Å². The number of esters is 1. The Kier molecular flexibility index (Phi) is 8.26. The third-order valence-corrected chi connectivity index (χ3v) is 3.43. The molecule has 0 aromatic heterocycles. The van der Waals surface area contributed by atoms with Crippen LogP contribution in [0.25, 0.3) is 0 Å². The summed E-state index contributed by atoms with van der Waals surface area (Å²) in [6.45, 7) is -0.0589. The number of methoxy groups -OCH3 is 1. The van der Waals surface area contributed by atoms with Crippen LogP contribution in [0.4, 0.5) is 0 Å². The van der Waals surface area contributed by atoms with Crippen LogP contribution in [0.3, 0.4) is 0 Å². The Balaban J connectivity index is 0.00000288. The molecule has 3 N–H and O–H groups in total. The van der Waals surface area contributed by atoms with Crippen LogP contribution >= 0.6 is 12.4 Å². The molecule has 0 spiro atoms. The lowest BCUT2D eigenvalue weighted by atomic mass is 10.1. The number of carbonyl (C=O) groups is 1. The van der Waals surface area contributed by atoms with Crippen LogP contribution in [0, 0.1) is 0 Å². The molecule has 0 fully saturated rings. The van der Waals surface area contributed by atoms with Gasteiger partial charge in [-0.05, 0) is 24.1 Å². The Labute approximate surface area is 147 Å². The summed E-state index contributed by atoms with van der Waals surface area (Å²) in [6, 6.07) is 16.2. The number of aliphatic hydroxyl groups is 1. The van der Waals surface area contributed by atoms with E-state index >= 15 is 0 Å². The van der Waals surface area contributed by atoms with E-state index in [1.54, 1.807) is 12.1 Å². The number of benzene rings is 2. The van der Waals surface area contributed by atoms with E-state index in [2.05, 4.69) is 0 Å². The molecule has 2 aromatic rings. The number of rotatable bonds is 7. The number of ether oxygens (including phenoxy) is 2. The zero-order valence-electron chi connectivity index (χ0n) is 13.4. The normalized spacial score (nSPS) is 12.6. The van der Waals surface area contributed by atoms with Crippen LogP contribution in [-0.2, 0) is 16.0 Å². The van der Waals surface area contributed by atoms with Gasteiger partial charge in [-0.3, -0.25) is 0 Å². The van der Waals surface area contributed by atoms with Gasteiger partial charge in [-0.1, -0.05) is 42.5 Å². The molecule has 0 radical (unpaired) electrons. The first-order valence-electron chi connectivity index (χ1n) is 7.39. The lowest BCUT2D eigenvalue weighted by molar-refractivity contribution is -0.149. The van der Waals surface area contributed by atoms with E-state index in [9.17, 15) is 4.79 Å². The quantitative estimate of drug-likeness (QED) is 0.748. The summed E-state index contributed by atoms with van der Waals surface area (Å²) in [5.41, 5.74) is 7.44. The predicted molar refractivity (Wildman–Crippen MR) is 94.3 cm³/mol. The molecule has 5 nitrogen and oxygen atoms in total. The molecule has 130 valence electrons. The van der Waals surface area contributed by atoms with Crippen molar-refractivity contribution in [1.29, 1.82) is 0 Å². The van der Waals surface area contributed by atoms with Crippen molar-refractivity contribution in [3.05, 3.63) is 65.7 Å². The Bertz CT molecular complexity index is 619. The number of nitrogens with two attached hydrogens (primary N) is 1. The van der Waals surface area contributed by atoms with E-state index < -0.39 is 12.1 Å². The van der Waals surface area contributed by atoms with Crippen LogP contribution in [0.5, 0.6) is 5.75 Å². The maximum atomic E-state index is 12.0. The second kappa shape index (κ2) is 9.93. The van der Waals surface area contributed by atoms with Crippen molar-refractivity contribution < 1.29 is 19.4 Å². The number of hydrogen-bond donors (Lipinski definition) is 2. The second-order valence-corrected chi connectivity index (χ2v) is 5.22. The first-order chi connectivity index (χ1) is 11.1. The molecule has 2 atom stereocenters. The molecule has 0 bridgehead atoms. The van der Waals surface area contributed by atoms with Crippen LogP contribution in [0.15, 0.2) is 54.6 Å². The Morgan fingerprint density at radius 2 is 1.75 bits per heavy atom. The van der Waals surface area contributed by atoms with Gasteiger partial charge in [-0.2, -0.15) is 0 Å². The molecule has 6 heteroatoms. The fourth-order valence-electron chi connectivity index (χ4n) is 2.19. The van der Waals surface area contributed by atoms with Gasteiger partial charge in [0.15, 0.2) is 0 Å². The second-order valence-electron chi connectivity index (χ2n) is 5.22. The fraction of sp³-hybridized carbons (Fsp3) is 0.278. The van der Waals surface area contributed by atoms with Crippen molar-refractivity contribution in [2.75, 3.05) is 13.7 Å². The van der Waals surface area contributed by atoms with E-state index in [0.29, 0.717) is 12.2 Å². The van der Waals surface area contributed by atoms with Crippen LogP contribution in [0.1, 0.15) is 17.2 Å². The standard InChI is InChI=1S/C18H21NO4.ClH/c1-22-18(21)17(14-5-3-2-4-6-14)23-16-9-7-13(8-10-16)11-15(19)12-20;/h2-10,15,17,20H,11-12,19H2,1H3;1H. The number of carbonyl (C=O) groups excluding carboxylic acids is 1. The lowest BCUT2D eigenvalue weighted by Gasteiger charge is -2.17. The summed E-state index contributed by atoms with van der Waals surface area (Å²) in [5, 5.41) is 8.98. The number of halogens is 1. The highest BCUT2D eigenvalue weighted by Gasteiger charge is 2.23. The molecule has 2 rings (SSSR count). The average Bonchev–Trinajstić information content (AvgIpc) is 2.61. The summed E-state index contributed by atoms with van der Waals surface area (Å²) in [4.78, 5) is 12.0. The van der Waals surface area contributed by atoms with E-state index in [1.807, 2.05) is 42.5 Å². The SMILES string of the molecule is COC(=O)C(Oc1ccc(CC(N)CO)cc1)c1ccccc1.Cl. The molecular weight excluding hydrogens is 330 g/mol. The van der Waals surface area contributed by atoms with Gasteiger partial charge < -0.3 is 20.3 Å². The average molecular weight is 352 g/mol. The monoisotopic (exact) mass is 351 g/mol. The van der Waals surface area contributed by atoms with Crippen LogP contribution < -0.4 is 10.5 Å². The lowest BCUT2D eigenvalue weighted by Crippen LogP contribution is -2.26. The first-order valence-corrected chi connectivity index (χ1v) is 7.39. The third kappa shape index (κ3) is 5.53. The molecule has 2 unspecified atom stereocenters. The van der Waals surface area contributed by atoms with Crippen LogP contribution in [0.2, 0.25) is 0 Å². The molecule has 0 aliphatic carbocycles. The van der Waals surface area contributed by atoms with E-state index in [-0.39, 0.29) is 25.1 Å². The van der Waals surface area contributed by atoms with Crippen LogP contribution in [-0.4, -0.2) is 30.8 Å². The summed E-state index contributed by atoms with van der Waals surface area (Å²) < 4.78 is 10.6. The zero-order chi connectivity index (χ0) is 16.7. The van der Waals surface area contributed by atoms with Gasteiger partial charge in [0.05, 0.1) is 13.7 Å². The zero-order valence-corrected chi connectivity index (χ0v) is 14.2. The largest absolute Gasteiger partial charge is 0.474 e. The minimum Gasteiger partial charge on any atom is -0.474 e. The number of aliphatic hydroxyl groups excluding tert-OH is 1. The molecule has 24 heavy (non-hydrogen) atoms. The summed E-state index contributed by atoms with van der Waals surface area (Å²) in [7, 11) is 1.33. The molecular formula is C18H22ClNO4. The van der Waals surface area contributed by atoms with E-state index in [4.69, 9.17) is 20.3 Å². The molecule has 2 aromatic carbocycles. The molecule has 0 heterocycles. The molecule has 0 saturated heterocycles. The summed E-state index contributed by atoms with van der Waals surface area (Å²) in [6.07, 6.45) is -0.234. The van der Waals surface area contributed by atoms with Crippen molar-refractivity contribution in [2.24, 2.45) is 5.73 Å². The van der Waals surface area contributed by atoms with Gasteiger partial charge in [0.2, 0.25) is 6.10 Å². The summed E-state index contributed by atoms with van der Waals surface area (Å²) >= 11 is 0. The smallest absolute Gasteiger partial charge is 0.351 e. The Morgan fingerprint density at radius 1 is 1.12 bits per heavy atom. The minimum atomic E-state index is -0.813. The maximum Gasteiger partial charge on any atom is 0.351 e. The van der Waals surface area contributed by atoms with Crippen molar-refractivity contribution in [3.63, 3.8) is 0 Å². The van der Waals surface area contributed by atoms with E-state index in [0.717, 1.165) is 11.1 Å². The van der Waals surface area contributed by atoms with Gasteiger partial charge in [-0.25, -0.2) is 4.79 Å².